The van der Waals surface area contributed by atoms with E-state index >= 15 is 0 Å². The molecular weight excluding hydrogens is 212 g/mol. The highest BCUT2D eigenvalue weighted by Gasteiger charge is 2.27. The third kappa shape index (κ3) is 4.93. The minimum atomic E-state index is 0.0323. The molecule has 0 bridgehead atoms. The summed E-state index contributed by atoms with van der Waals surface area (Å²) in [5.74, 6) is 2.50. The van der Waals surface area contributed by atoms with Gasteiger partial charge in [-0.15, -0.1) is 0 Å². The largest absolute Gasteiger partial charge is 0.497 e. The van der Waals surface area contributed by atoms with Gasteiger partial charge in [0.2, 0.25) is 0 Å². The maximum Gasteiger partial charge on any atom is 0.143 e. The summed E-state index contributed by atoms with van der Waals surface area (Å²) >= 11 is 0. The van der Waals surface area contributed by atoms with Crippen molar-refractivity contribution in [2.24, 2.45) is 17.8 Å². The fourth-order valence-electron chi connectivity index (χ4n) is 2.06. The Morgan fingerprint density at radius 3 is 2.59 bits per heavy atom. The molecule has 1 aliphatic rings. The van der Waals surface area contributed by atoms with Crippen LogP contribution in [0.4, 0.5) is 0 Å². The lowest BCUT2D eigenvalue weighted by Crippen LogP contribution is -2.23. The maximum atomic E-state index is 11.9. The molecule has 0 heterocycles. The van der Waals surface area contributed by atoms with Crippen molar-refractivity contribution >= 4 is 5.78 Å². The molecule has 0 spiro atoms. The van der Waals surface area contributed by atoms with Crippen molar-refractivity contribution in [3.05, 3.63) is 11.8 Å². The van der Waals surface area contributed by atoms with Gasteiger partial charge in [-0.1, -0.05) is 27.7 Å². The van der Waals surface area contributed by atoms with Crippen LogP contribution in [0.15, 0.2) is 11.8 Å². The van der Waals surface area contributed by atoms with E-state index in [4.69, 9.17) is 4.74 Å². The molecule has 2 heteroatoms. The first-order valence-electron chi connectivity index (χ1n) is 6.86. The van der Waals surface area contributed by atoms with Gasteiger partial charge in [0.25, 0.3) is 0 Å². The number of hydrogen-bond acceptors (Lipinski definition) is 2. The average Bonchev–Trinajstić information content (AvgIpc) is 2.24. The van der Waals surface area contributed by atoms with Crippen LogP contribution >= 0.6 is 0 Å². The van der Waals surface area contributed by atoms with Crippen LogP contribution in [0.5, 0.6) is 0 Å². The van der Waals surface area contributed by atoms with E-state index in [1.54, 1.807) is 0 Å². The van der Waals surface area contributed by atoms with Crippen LogP contribution in [0, 0.1) is 17.8 Å². The highest BCUT2D eigenvalue weighted by molar-refractivity contribution is 5.84. The molecule has 1 unspecified atom stereocenters. The molecule has 0 radical (unpaired) electrons. The molecule has 0 saturated heterocycles. The summed E-state index contributed by atoms with van der Waals surface area (Å²) in [5.41, 5.74) is 0. The first kappa shape index (κ1) is 14.3. The molecule has 0 aromatic carbocycles. The zero-order valence-corrected chi connectivity index (χ0v) is 11.7. The van der Waals surface area contributed by atoms with Crippen molar-refractivity contribution in [2.75, 3.05) is 6.61 Å². The maximum absolute atomic E-state index is 11.9. The number of carbonyl (C=O) groups excluding carboxylic acids is 1. The molecule has 0 amide bonds. The minimum Gasteiger partial charge on any atom is -0.497 e. The predicted molar refractivity (Wildman–Crippen MR) is 70.7 cm³/mol. The summed E-state index contributed by atoms with van der Waals surface area (Å²) in [4.78, 5) is 11.9. The molecule has 0 saturated carbocycles. The Morgan fingerprint density at radius 1 is 1.29 bits per heavy atom. The molecule has 0 aromatic rings. The summed E-state index contributed by atoms with van der Waals surface area (Å²) in [7, 11) is 0. The van der Waals surface area contributed by atoms with Crippen molar-refractivity contribution in [2.45, 2.75) is 53.4 Å². The van der Waals surface area contributed by atoms with E-state index in [-0.39, 0.29) is 5.92 Å². The van der Waals surface area contributed by atoms with E-state index < -0.39 is 0 Å². The lowest BCUT2D eigenvalue weighted by Gasteiger charge is -2.24. The lowest BCUT2D eigenvalue weighted by molar-refractivity contribution is -0.123. The van der Waals surface area contributed by atoms with Crippen LogP contribution < -0.4 is 0 Å². The molecule has 17 heavy (non-hydrogen) atoms. The molecule has 1 rings (SSSR count). The molecule has 1 atom stereocenters. The molecule has 0 aliphatic heterocycles. The highest BCUT2D eigenvalue weighted by Crippen LogP contribution is 2.28. The molecule has 98 valence electrons. The molecule has 0 aromatic heterocycles. The quantitative estimate of drug-likeness (QED) is 0.700. The average molecular weight is 238 g/mol. The van der Waals surface area contributed by atoms with E-state index in [0.717, 1.165) is 31.6 Å². The molecule has 2 nitrogen and oxygen atoms in total. The minimum absolute atomic E-state index is 0.0323. The second-order valence-corrected chi connectivity index (χ2v) is 5.84. The summed E-state index contributed by atoms with van der Waals surface area (Å²) in [5, 5.41) is 0. The zero-order valence-electron chi connectivity index (χ0n) is 11.7. The first-order valence-corrected chi connectivity index (χ1v) is 6.86. The van der Waals surface area contributed by atoms with Gasteiger partial charge in [0.05, 0.1) is 12.5 Å². The van der Waals surface area contributed by atoms with Crippen LogP contribution in [-0.2, 0) is 9.53 Å². The summed E-state index contributed by atoms with van der Waals surface area (Å²) in [6, 6.07) is 0. The van der Waals surface area contributed by atoms with Crippen molar-refractivity contribution < 1.29 is 9.53 Å². The number of ether oxygens (including phenoxy) is 1. The Kier molecular flexibility index (Phi) is 5.73. The molecule has 1 aliphatic carbocycles. The van der Waals surface area contributed by atoms with Gasteiger partial charge in [-0.2, -0.15) is 0 Å². The van der Waals surface area contributed by atoms with Crippen molar-refractivity contribution in [1.29, 1.82) is 0 Å². The van der Waals surface area contributed by atoms with Gasteiger partial charge in [0.1, 0.15) is 11.5 Å². The summed E-state index contributed by atoms with van der Waals surface area (Å²) in [6.07, 6.45) is 5.70. The van der Waals surface area contributed by atoms with E-state index in [1.807, 2.05) is 0 Å². The topological polar surface area (TPSA) is 26.3 Å². The van der Waals surface area contributed by atoms with Gasteiger partial charge in [-0.3, -0.25) is 4.79 Å². The fourth-order valence-corrected chi connectivity index (χ4v) is 2.06. The van der Waals surface area contributed by atoms with Crippen LogP contribution in [0.2, 0.25) is 0 Å². The summed E-state index contributed by atoms with van der Waals surface area (Å²) < 4.78 is 5.80. The first-order chi connectivity index (χ1) is 8.00. The SMILES string of the molecule is CC(C)CCC1C(=O)CCC=C1OCC(C)C. The van der Waals surface area contributed by atoms with Crippen LogP contribution in [0.25, 0.3) is 0 Å². The Balaban J connectivity index is 2.56. The second kappa shape index (κ2) is 6.83. The van der Waals surface area contributed by atoms with Crippen LogP contribution in [-0.4, -0.2) is 12.4 Å². The van der Waals surface area contributed by atoms with E-state index in [2.05, 4.69) is 33.8 Å². The number of carbonyl (C=O) groups is 1. The standard InChI is InChI=1S/C15H26O2/c1-11(2)8-9-13-14(16)6-5-7-15(13)17-10-12(3)4/h7,11-13H,5-6,8-10H2,1-4H3. The normalized spacial score (nSPS) is 20.9. The number of rotatable bonds is 6. The van der Waals surface area contributed by atoms with Crippen molar-refractivity contribution in [3.8, 4) is 0 Å². The monoisotopic (exact) mass is 238 g/mol. The third-order valence-electron chi connectivity index (χ3n) is 3.08. The summed E-state index contributed by atoms with van der Waals surface area (Å²) in [6.45, 7) is 9.39. The number of ketones is 1. The van der Waals surface area contributed by atoms with E-state index in [1.165, 1.54) is 0 Å². The van der Waals surface area contributed by atoms with Gasteiger partial charge < -0.3 is 4.74 Å². The number of Topliss-reactive ketones (excluding diaryl/α,β-unsaturated/α-hetero) is 1. The Labute approximate surface area is 105 Å². The zero-order chi connectivity index (χ0) is 12.8. The Morgan fingerprint density at radius 2 is 2.00 bits per heavy atom. The Bertz CT molecular complexity index is 277. The molecule has 0 N–H and O–H groups in total. The van der Waals surface area contributed by atoms with E-state index in [9.17, 15) is 4.79 Å². The molecule has 0 fully saturated rings. The smallest absolute Gasteiger partial charge is 0.143 e. The second-order valence-electron chi connectivity index (χ2n) is 5.84. The number of hydrogen-bond donors (Lipinski definition) is 0. The number of allylic oxidation sites excluding steroid dienone is 2. The van der Waals surface area contributed by atoms with Crippen molar-refractivity contribution in [1.82, 2.24) is 0 Å². The van der Waals surface area contributed by atoms with E-state index in [0.29, 0.717) is 24.0 Å². The van der Waals surface area contributed by atoms with Crippen LogP contribution in [0.3, 0.4) is 0 Å². The highest BCUT2D eigenvalue weighted by atomic mass is 16.5. The van der Waals surface area contributed by atoms with Gasteiger partial charge in [-0.05, 0) is 37.2 Å². The van der Waals surface area contributed by atoms with Crippen LogP contribution in [0.1, 0.15) is 53.4 Å². The van der Waals surface area contributed by atoms with Gasteiger partial charge >= 0.3 is 0 Å². The van der Waals surface area contributed by atoms with Gasteiger partial charge in [0.15, 0.2) is 0 Å². The molecular formula is C15H26O2. The van der Waals surface area contributed by atoms with Gasteiger partial charge in [-0.25, -0.2) is 0 Å². The lowest BCUT2D eigenvalue weighted by atomic mass is 9.86. The third-order valence-corrected chi connectivity index (χ3v) is 3.08. The fraction of sp³-hybridized carbons (Fsp3) is 0.800. The van der Waals surface area contributed by atoms with Gasteiger partial charge in [0, 0.05) is 6.42 Å². The van der Waals surface area contributed by atoms with Crippen molar-refractivity contribution in [3.63, 3.8) is 0 Å². The Hall–Kier alpha value is -0.790. The predicted octanol–water partition coefficient (Wildman–Crippen LogP) is 3.96.